The zero-order chi connectivity index (χ0) is 43.8. The Labute approximate surface area is 360 Å². The molecule has 12 heteroatoms. The molecule has 4 fully saturated rings. The number of anilines is 1. The standard InChI is InChI=1S/C49H62N6O6/c1-29(2)55(34-21-38(22-34)60-36-11-9-10-33(20-36)46(59)53-40-13-12-35(56)23-42(40)57)28-32-14-16-54(17-15-32)45-27-51-41(26-52-45)43(58)24-44-48(5,6)47(49(44,7)8)61-37-18-30(3)39(25-50)31(4)19-37/h9-11,18-20,26-27,29,32,34,38,40,44,47H,12-17,21-24,28H2,1-8H3,(H,53,59). The van der Waals surface area contributed by atoms with Crippen molar-refractivity contribution < 1.29 is 28.7 Å². The molecule has 3 aliphatic carbocycles. The third-order valence-electron chi connectivity index (χ3n) is 14.1. The average Bonchev–Trinajstić information content (AvgIpc) is 3.20. The van der Waals surface area contributed by atoms with E-state index in [1.54, 1.807) is 30.6 Å². The Morgan fingerprint density at radius 3 is 2.25 bits per heavy atom. The van der Waals surface area contributed by atoms with Gasteiger partial charge >= 0.3 is 0 Å². The van der Waals surface area contributed by atoms with E-state index in [2.05, 4.69) is 67.7 Å². The molecule has 3 saturated carbocycles. The smallest absolute Gasteiger partial charge is 0.251 e. The topological polar surface area (TPSA) is 155 Å². The van der Waals surface area contributed by atoms with Crippen LogP contribution in [-0.4, -0.2) is 88.1 Å². The lowest BCUT2D eigenvalue weighted by atomic mass is 9.44. The summed E-state index contributed by atoms with van der Waals surface area (Å²) >= 11 is 0. The first-order chi connectivity index (χ1) is 28.9. The summed E-state index contributed by atoms with van der Waals surface area (Å²) in [4.78, 5) is 64.6. The Bertz CT molecular complexity index is 2140. The number of nitrogens with zero attached hydrogens (tertiary/aromatic N) is 5. The van der Waals surface area contributed by atoms with E-state index in [0.29, 0.717) is 59.8 Å². The van der Waals surface area contributed by atoms with E-state index in [9.17, 15) is 24.4 Å². The molecule has 1 aliphatic heterocycles. The quantitative estimate of drug-likeness (QED) is 0.126. The van der Waals surface area contributed by atoms with Crippen molar-refractivity contribution in [2.75, 3.05) is 24.5 Å². The van der Waals surface area contributed by atoms with Gasteiger partial charge < -0.3 is 19.7 Å². The maximum atomic E-state index is 13.6. The Hall–Kier alpha value is -5.15. The molecule has 61 heavy (non-hydrogen) atoms. The lowest BCUT2D eigenvalue weighted by Gasteiger charge is -2.63. The number of nitriles is 1. The van der Waals surface area contributed by atoms with Crippen molar-refractivity contribution in [1.82, 2.24) is 20.2 Å². The second-order valence-corrected chi connectivity index (χ2v) is 19.5. The Morgan fingerprint density at radius 2 is 1.64 bits per heavy atom. The summed E-state index contributed by atoms with van der Waals surface area (Å²) < 4.78 is 12.9. The molecule has 1 atom stereocenters. The van der Waals surface area contributed by atoms with Gasteiger partial charge in [0.1, 0.15) is 41.0 Å². The SMILES string of the molecule is Cc1cc(OC2C(C)(C)C(CC(=O)c3cnc(N4CCC(CN(C(C)C)C5CC(Oc6cccc(C(=O)NC7CCC(=O)CC7=O)c6)C5)CC4)cn3)C2(C)C)cc(C)c1C#N. The largest absolute Gasteiger partial charge is 0.490 e. The highest BCUT2D eigenvalue weighted by molar-refractivity contribution is 6.06. The van der Waals surface area contributed by atoms with Crippen LogP contribution in [0.1, 0.15) is 130 Å². The summed E-state index contributed by atoms with van der Waals surface area (Å²) in [6.07, 6.45) is 8.22. The van der Waals surface area contributed by atoms with Gasteiger partial charge in [0, 0.05) is 73.8 Å². The average molecular weight is 831 g/mol. The second kappa shape index (κ2) is 17.7. The van der Waals surface area contributed by atoms with Crippen molar-refractivity contribution in [1.29, 1.82) is 5.26 Å². The van der Waals surface area contributed by atoms with Crippen molar-refractivity contribution in [3.05, 3.63) is 76.7 Å². The monoisotopic (exact) mass is 830 g/mol. The number of ketones is 3. The Balaban J connectivity index is 0.858. The molecule has 2 heterocycles. The fourth-order valence-corrected chi connectivity index (χ4v) is 10.7. The number of hydrogen-bond acceptors (Lipinski definition) is 11. The van der Waals surface area contributed by atoms with Crippen molar-refractivity contribution in [3.63, 3.8) is 0 Å². The van der Waals surface area contributed by atoms with Crippen molar-refractivity contribution in [2.24, 2.45) is 22.7 Å². The molecule has 1 aromatic heterocycles. The molecule has 2 aromatic carbocycles. The van der Waals surface area contributed by atoms with Crippen LogP contribution in [0.2, 0.25) is 0 Å². The molecular weight excluding hydrogens is 769 g/mol. The second-order valence-electron chi connectivity index (χ2n) is 19.5. The van der Waals surface area contributed by atoms with Crippen LogP contribution < -0.4 is 19.7 Å². The molecule has 0 spiro atoms. The summed E-state index contributed by atoms with van der Waals surface area (Å²) in [5.41, 5.74) is 2.83. The molecule has 324 valence electrons. The minimum absolute atomic E-state index is 0.00479. The number of aromatic nitrogens is 2. The number of aryl methyl sites for hydroxylation is 2. The minimum Gasteiger partial charge on any atom is -0.490 e. The first-order valence-electron chi connectivity index (χ1n) is 22.1. The van der Waals surface area contributed by atoms with Crippen LogP contribution in [0.25, 0.3) is 0 Å². The number of carbonyl (C=O) groups excluding carboxylic acids is 4. The van der Waals surface area contributed by atoms with Gasteiger partial charge in [-0.2, -0.15) is 5.26 Å². The fraction of sp³-hybridized carbons (Fsp3) is 0.571. The molecule has 3 aromatic rings. The number of ether oxygens (including phenoxy) is 2. The van der Waals surface area contributed by atoms with Crippen molar-refractivity contribution in [2.45, 2.75) is 137 Å². The zero-order valence-corrected chi connectivity index (χ0v) is 37.1. The number of Topliss-reactive ketones (excluding diaryl/α,β-unsaturated/α-hetero) is 3. The van der Waals surface area contributed by atoms with Crippen LogP contribution in [0.5, 0.6) is 11.5 Å². The molecule has 1 amide bonds. The number of benzene rings is 2. The fourth-order valence-electron chi connectivity index (χ4n) is 10.7. The molecule has 1 N–H and O–H groups in total. The van der Waals surface area contributed by atoms with Crippen molar-refractivity contribution in [3.8, 4) is 17.6 Å². The van der Waals surface area contributed by atoms with E-state index in [0.717, 1.165) is 68.0 Å². The van der Waals surface area contributed by atoms with Crippen LogP contribution in [0.15, 0.2) is 48.8 Å². The van der Waals surface area contributed by atoms with Gasteiger partial charge in [-0.1, -0.05) is 33.8 Å². The van der Waals surface area contributed by atoms with Gasteiger partial charge in [0.25, 0.3) is 5.91 Å². The summed E-state index contributed by atoms with van der Waals surface area (Å²) in [5, 5.41) is 12.3. The highest BCUT2D eigenvalue weighted by Gasteiger charge is 2.63. The molecular formula is C49H62N6O6. The Morgan fingerprint density at radius 1 is 0.951 bits per heavy atom. The maximum absolute atomic E-state index is 13.6. The molecule has 0 radical (unpaired) electrons. The lowest BCUT2D eigenvalue weighted by molar-refractivity contribution is -0.196. The van der Waals surface area contributed by atoms with E-state index in [1.165, 1.54) is 0 Å². The van der Waals surface area contributed by atoms with Gasteiger partial charge in [-0.25, -0.2) is 9.97 Å². The number of nitrogens with one attached hydrogen (secondary N) is 1. The third kappa shape index (κ3) is 9.37. The van der Waals surface area contributed by atoms with Gasteiger partial charge in [0.15, 0.2) is 11.6 Å². The Kier molecular flexibility index (Phi) is 12.7. The minimum atomic E-state index is -0.619. The maximum Gasteiger partial charge on any atom is 0.251 e. The molecule has 12 nitrogen and oxygen atoms in total. The lowest BCUT2D eigenvalue weighted by Crippen LogP contribution is -2.66. The molecule has 0 bridgehead atoms. The van der Waals surface area contributed by atoms with Gasteiger partial charge in [0.05, 0.1) is 36.5 Å². The normalized spacial score (nSPS) is 24.7. The number of rotatable bonds is 14. The predicted molar refractivity (Wildman–Crippen MR) is 233 cm³/mol. The van der Waals surface area contributed by atoms with E-state index in [-0.39, 0.29) is 58.6 Å². The summed E-state index contributed by atoms with van der Waals surface area (Å²) in [5.74, 6) is 2.22. The van der Waals surface area contributed by atoms with E-state index in [4.69, 9.17) is 14.5 Å². The summed E-state index contributed by atoms with van der Waals surface area (Å²) in [6, 6.07) is 13.5. The predicted octanol–water partition coefficient (Wildman–Crippen LogP) is 7.63. The number of hydrogen-bond donors (Lipinski definition) is 1. The zero-order valence-electron chi connectivity index (χ0n) is 37.1. The van der Waals surface area contributed by atoms with Gasteiger partial charge in [-0.15, -0.1) is 0 Å². The van der Waals surface area contributed by atoms with Crippen molar-refractivity contribution >= 4 is 29.1 Å². The van der Waals surface area contributed by atoms with E-state index >= 15 is 0 Å². The highest BCUT2D eigenvalue weighted by atomic mass is 16.5. The van der Waals surface area contributed by atoms with Crippen LogP contribution in [0.3, 0.4) is 0 Å². The van der Waals surface area contributed by atoms with Gasteiger partial charge in [-0.05, 0) is 100 Å². The van der Waals surface area contributed by atoms with Crippen LogP contribution in [0.4, 0.5) is 5.82 Å². The number of amides is 1. The van der Waals surface area contributed by atoms with E-state index < -0.39 is 6.04 Å². The van der Waals surface area contributed by atoms with Gasteiger partial charge in [-0.3, -0.25) is 24.1 Å². The number of carbonyl (C=O) groups is 4. The van der Waals surface area contributed by atoms with Gasteiger partial charge in [0.2, 0.25) is 0 Å². The first-order valence-corrected chi connectivity index (χ1v) is 22.1. The summed E-state index contributed by atoms with van der Waals surface area (Å²) in [6.45, 7) is 19.9. The third-order valence-corrected chi connectivity index (χ3v) is 14.1. The van der Waals surface area contributed by atoms with Crippen LogP contribution in [-0.2, 0) is 9.59 Å². The first kappa shape index (κ1) is 43.9. The molecule has 4 aliphatic rings. The molecule has 7 rings (SSSR count). The van der Waals surface area contributed by atoms with Crippen LogP contribution >= 0.6 is 0 Å². The van der Waals surface area contributed by atoms with E-state index in [1.807, 2.05) is 32.0 Å². The number of piperidine rings is 1. The van der Waals surface area contributed by atoms with Crippen LogP contribution in [0, 0.1) is 47.8 Å². The molecule has 1 saturated heterocycles. The molecule has 1 unspecified atom stereocenters. The summed E-state index contributed by atoms with van der Waals surface area (Å²) in [7, 11) is 0. The highest BCUT2D eigenvalue weighted by Crippen LogP contribution is 2.61.